The lowest BCUT2D eigenvalue weighted by Crippen LogP contribution is -2.24. The van der Waals surface area contributed by atoms with Crippen molar-refractivity contribution in [2.75, 3.05) is 19.8 Å². The summed E-state index contributed by atoms with van der Waals surface area (Å²) in [5, 5.41) is 3.59. The van der Waals surface area contributed by atoms with E-state index in [-0.39, 0.29) is 0 Å². The summed E-state index contributed by atoms with van der Waals surface area (Å²) in [6, 6.07) is 6.58. The van der Waals surface area contributed by atoms with Crippen molar-refractivity contribution in [1.82, 2.24) is 5.32 Å². The van der Waals surface area contributed by atoms with E-state index in [4.69, 9.17) is 9.47 Å². The first-order chi connectivity index (χ1) is 9.72. The molecule has 2 rings (SSSR count). The molecule has 0 bridgehead atoms. The van der Waals surface area contributed by atoms with Crippen LogP contribution in [-0.2, 0) is 0 Å². The molecule has 1 aliphatic rings. The van der Waals surface area contributed by atoms with Gasteiger partial charge in [0.1, 0.15) is 13.2 Å². The standard InChI is InChI=1S/C17H27NO2/c1-4-18-15(9-5-7-13(2)3)14-8-6-10-16-17(14)20-12-11-19-16/h6,8,10,13,15,18H,4-5,7,9,11-12H2,1-3H3. The molecule has 112 valence electrons. The maximum absolute atomic E-state index is 5.84. The zero-order valence-electron chi connectivity index (χ0n) is 12.9. The number of fused-ring (bicyclic) bond motifs is 1. The highest BCUT2D eigenvalue weighted by atomic mass is 16.6. The van der Waals surface area contributed by atoms with Crippen LogP contribution in [0.25, 0.3) is 0 Å². The van der Waals surface area contributed by atoms with Crippen molar-refractivity contribution >= 4 is 0 Å². The molecule has 0 saturated heterocycles. The van der Waals surface area contributed by atoms with Crippen molar-refractivity contribution in [2.24, 2.45) is 5.92 Å². The minimum atomic E-state index is 0.357. The highest BCUT2D eigenvalue weighted by Gasteiger charge is 2.21. The van der Waals surface area contributed by atoms with Crippen LogP contribution >= 0.6 is 0 Å². The molecule has 1 aromatic rings. The first kappa shape index (κ1) is 15.2. The van der Waals surface area contributed by atoms with Gasteiger partial charge >= 0.3 is 0 Å². The van der Waals surface area contributed by atoms with Crippen LogP contribution in [0.5, 0.6) is 11.5 Å². The van der Waals surface area contributed by atoms with E-state index in [1.165, 1.54) is 18.4 Å². The van der Waals surface area contributed by atoms with Gasteiger partial charge in [-0.15, -0.1) is 0 Å². The minimum Gasteiger partial charge on any atom is -0.486 e. The Bertz CT molecular complexity index is 417. The van der Waals surface area contributed by atoms with E-state index >= 15 is 0 Å². The van der Waals surface area contributed by atoms with Crippen LogP contribution in [0.3, 0.4) is 0 Å². The van der Waals surface area contributed by atoms with Crippen molar-refractivity contribution in [3.8, 4) is 11.5 Å². The predicted octanol–water partition coefficient (Wildman–Crippen LogP) is 3.93. The molecular formula is C17H27NO2. The summed E-state index contributed by atoms with van der Waals surface area (Å²) in [5.74, 6) is 2.59. The fourth-order valence-corrected chi connectivity index (χ4v) is 2.71. The number of benzene rings is 1. The lowest BCUT2D eigenvalue weighted by atomic mass is 9.97. The monoisotopic (exact) mass is 277 g/mol. The van der Waals surface area contributed by atoms with Crippen LogP contribution in [0.15, 0.2) is 18.2 Å². The molecule has 3 heteroatoms. The van der Waals surface area contributed by atoms with Crippen molar-refractivity contribution in [1.29, 1.82) is 0 Å². The number of nitrogens with one attached hydrogen (secondary N) is 1. The minimum absolute atomic E-state index is 0.357. The molecule has 0 saturated carbocycles. The third-order valence-corrected chi connectivity index (χ3v) is 3.70. The molecule has 1 aromatic carbocycles. The molecule has 0 fully saturated rings. The van der Waals surface area contributed by atoms with E-state index in [2.05, 4.69) is 38.2 Å². The molecule has 1 heterocycles. The molecule has 0 aliphatic carbocycles. The third kappa shape index (κ3) is 3.89. The first-order valence-electron chi connectivity index (χ1n) is 7.84. The van der Waals surface area contributed by atoms with E-state index in [0.717, 1.165) is 30.4 Å². The summed E-state index contributed by atoms with van der Waals surface area (Å²) in [4.78, 5) is 0. The zero-order valence-corrected chi connectivity index (χ0v) is 12.9. The number of hydrogen-bond acceptors (Lipinski definition) is 3. The molecule has 0 spiro atoms. The van der Waals surface area contributed by atoms with Crippen LogP contribution in [0.1, 0.15) is 51.6 Å². The van der Waals surface area contributed by atoms with Gasteiger partial charge in [0.2, 0.25) is 0 Å². The average Bonchev–Trinajstić information content (AvgIpc) is 2.45. The molecule has 1 atom stereocenters. The second-order valence-electron chi connectivity index (χ2n) is 5.81. The molecule has 0 aromatic heterocycles. The van der Waals surface area contributed by atoms with Gasteiger partial charge in [-0.1, -0.05) is 45.7 Å². The average molecular weight is 277 g/mol. The van der Waals surface area contributed by atoms with E-state index in [9.17, 15) is 0 Å². The van der Waals surface area contributed by atoms with Crippen LogP contribution < -0.4 is 14.8 Å². The van der Waals surface area contributed by atoms with Gasteiger partial charge in [0.05, 0.1) is 0 Å². The largest absolute Gasteiger partial charge is 0.486 e. The van der Waals surface area contributed by atoms with Crippen molar-refractivity contribution in [3.05, 3.63) is 23.8 Å². The van der Waals surface area contributed by atoms with Gasteiger partial charge in [0.25, 0.3) is 0 Å². The molecule has 1 N–H and O–H groups in total. The summed E-state index contributed by atoms with van der Waals surface area (Å²) in [7, 11) is 0. The third-order valence-electron chi connectivity index (χ3n) is 3.70. The SMILES string of the molecule is CCNC(CCCC(C)C)c1cccc2c1OCCO2. The van der Waals surface area contributed by atoms with Crippen LogP contribution in [0, 0.1) is 5.92 Å². The van der Waals surface area contributed by atoms with Crippen molar-refractivity contribution < 1.29 is 9.47 Å². The summed E-state index contributed by atoms with van der Waals surface area (Å²) < 4.78 is 11.5. The molecular weight excluding hydrogens is 250 g/mol. The highest BCUT2D eigenvalue weighted by molar-refractivity contribution is 5.48. The van der Waals surface area contributed by atoms with Crippen LogP contribution in [0.2, 0.25) is 0 Å². The highest BCUT2D eigenvalue weighted by Crippen LogP contribution is 2.38. The lowest BCUT2D eigenvalue weighted by Gasteiger charge is -2.26. The number of ether oxygens (including phenoxy) is 2. The first-order valence-corrected chi connectivity index (χ1v) is 7.84. The summed E-state index contributed by atoms with van der Waals surface area (Å²) in [5.41, 5.74) is 1.24. The van der Waals surface area contributed by atoms with Gasteiger partial charge in [0, 0.05) is 11.6 Å². The molecule has 0 amide bonds. The number of para-hydroxylation sites is 1. The Kier molecular flexibility index (Phi) is 5.72. The van der Waals surface area contributed by atoms with Gasteiger partial charge in [-0.2, -0.15) is 0 Å². The maximum Gasteiger partial charge on any atom is 0.166 e. The Labute approximate surface area is 122 Å². The van der Waals surface area contributed by atoms with Gasteiger partial charge in [-0.25, -0.2) is 0 Å². The lowest BCUT2D eigenvalue weighted by molar-refractivity contribution is 0.168. The Hall–Kier alpha value is -1.22. The quantitative estimate of drug-likeness (QED) is 0.819. The number of rotatable bonds is 7. The van der Waals surface area contributed by atoms with Gasteiger partial charge in [0.15, 0.2) is 11.5 Å². The normalized spacial score (nSPS) is 15.4. The topological polar surface area (TPSA) is 30.5 Å². The molecule has 1 aliphatic heterocycles. The fourth-order valence-electron chi connectivity index (χ4n) is 2.71. The molecule has 3 nitrogen and oxygen atoms in total. The van der Waals surface area contributed by atoms with Gasteiger partial charge < -0.3 is 14.8 Å². The van der Waals surface area contributed by atoms with Crippen LogP contribution in [-0.4, -0.2) is 19.8 Å². The van der Waals surface area contributed by atoms with E-state index in [0.29, 0.717) is 19.3 Å². The fraction of sp³-hybridized carbons (Fsp3) is 0.647. The number of hydrogen-bond donors (Lipinski definition) is 1. The summed E-state index contributed by atoms with van der Waals surface area (Å²) in [6.07, 6.45) is 3.65. The Morgan fingerprint density at radius 1 is 1.15 bits per heavy atom. The Balaban J connectivity index is 2.12. The van der Waals surface area contributed by atoms with Gasteiger partial charge in [-0.3, -0.25) is 0 Å². The van der Waals surface area contributed by atoms with Crippen molar-refractivity contribution in [2.45, 2.75) is 46.1 Å². The summed E-state index contributed by atoms with van der Waals surface area (Å²) in [6.45, 7) is 8.98. The van der Waals surface area contributed by atoms with Gasteiger partial charge in [-0.05, 0) is 24.9 Å². The second-order valence-corrected chi connectivity index (χ2v) is 5.81. The predicted molar refractivity (Wildman–Crippen MR) is 82.5 cm³/mol. The molecule has 20 heavy (non-hydrogen) atoms. The smallest absolute Gasteiger partial charge is 0.166 e. The van der Waals surface area contributed by atoms with Crippen LogP contribution in [0.4, 0.5) is 0 Å². The maximum atomic E-state index is 5.84. The molecule has 0 radical (unpaired) electrons. The Morgan fingerprint density at radius 2 is 1.95 bits per heavy atom. The van der Waals surface area contributed by atoms with E-state index in [1.807, 2.05) is 6.07 Å². The Morgan fingerprint density at radius 3 is 2.70 bits per heavy atom. The second kappa shape index (κ2) is 7.53. The zero-order chi connectivity index (χ0) is 14.4. The van der Waals surface area contributed by atoms with E-state index < -0.39 is 0 Å². The van der Waals surface area contributed by atoms with E-state index in [1.54, 1.807) is 0 Å². The summed E-state index contributed by atoms with van der Waals surface area (Å²) >= 11 is 0. The molecule has 1 unspecified atom stereocenters. The van der Waals surface area contributed by atoms with Crippen molar-refractivity contribution in [3.63, 3.8) is 0 Å².